The quantitative estimate of drug-likeness (QED) is 0.616. The molecule has 1 aromatic rings. The highest BCUT2D eigenvalue weighted by Crippen LogP contribution is 2.25. The van der Waals surface area contributed by atoms with Gasteiger partial charge in [-0.05, 0) is 31.5 Å². The van der Waals surface area contributed by atoms with E-state index >= 15 is 0 Å². The summed E-state index contributed by atoms with van der Waals surface area (Å²) in [6, 6.07) is 5.17. The second kappa shape index (κ2) is 6.67. The highest BCUT2D eigenvalue weighted by molar-refractivity contribution is 5.79. The lowest BCUT2D eigenvalue weighted by atomic mass is 9.93. The fourth-order valence-corrected chi connectivity index (χ4v) is 2.74. The topological polar surface area (TPSA) is 72.7 Å². The highest BCUT2D eigenvalue weighted by Gasteiger charge is 2.22. The molecule has 1 aliphatic rings. The van der Waals surface area contributed by atoms with E-state index in [-0.39, 0.29) is 5.69 Å². The van der Waals surface area contributed by atoms with Crippen LogP contribution in [-0.2, 0) is 11.3 Å². The van der Waals surface area contributed by atoms with Crippen molar-refractivity contribution in [2.24, 2.45) is 0 Å². The van der Waals surface area contributed by atoms with Gasteiger partial charge in [-0.2, -0.15) is 0 Å². The van der Waals surface area contributed by atoms with Gasteiger partial charge < -0.3 is 4.74 Å². The Hall–Kier alpha value is -1.95. The Morgan fingerprint density at radius 2 is 2.00 bits per heavy atom. The van der Waals surface area contributed by atoms with Gasteiger partial charge in [0, 0.05) is 31.5 Å². The molecule has 1 fully saturated rings. The van der Waals surface area contributed by atoms with Crippen LogP contribution in [0.1, 0.15) is 31.2 Å². The van der Waals surface area contributed by atoms with E-state index < -0.39 is 4.92 Å². The second-order valence-corrected chi connectivity index (χ2v) is 5.48. The summed E-state index contributed by atoms with van der Waals surface area (Å²) >= 11 is 0. The molecule has 0 saturated heterocycles. The molecular formula is C15H20N2O4. The second-order valence-electron chi connectivity index (χ2n) is 5.48. The number of carbonyl (C=O) groups is 1. The van der Waals surface area contributed by atoms with E-state index in [0.717, 1.165) is 18.4 Å². The lowest BCUT2D eigenvalue weighted by Gasteiger charge is -2.30. The Kier molecular flexibility index (Phi) is 4.90. The monoisotopic (exact) mass is 292 g/mol. The molecule has 0 heterocycles. The van der Waals surface area contributed by atoms with Crippen molar-refractivity contribution < 1.29 is 14.5 Å². The van der Waals surface area contributed by atoms with Crippen LogP contribution in [0.15, 0.2) is 18.2 Å². The number of benzene rings is 1. The molecule has 6 heteroatoms. The first-order valence-corrected chi connectivity index (χ1v) is 7.04. The molecule has 2 rings (SSSR count). The van der Waals surface area contributed by atoms with E-state index in [1.807, 2.05) is 13.1 Å². The van der Waals surface area contributed by atoms with Crippen molar-refractivity contribution in [3.05, 3.63) is 33.9 Å². The maximum absolute atomic E-state index is 11.3. The Morgan fingerprint density at radius 3 is 2.57 bits per heavy atom. The zero-order valence-corrected chi connectivity index (χ0v) is 12.4. The highest BCUT2D eigenvalue weighted by atomic mass is 16.6. The maximum Gasteiger partial charge on any atom is 0.273 e. The van der Waals surface area contributed by atoms with Gasteiger partial charge in [-0.15, -0.1) is 0 Å². The van der Waals surface area contributed by atoms with Crippen molar-refractivity contribution in [3.63, 3.8) is 0 Å². The summed E-state index contributed by atoms with van der Waals surface area (Å²) in [4.78, 5) is 24.0. The molecule has 1 aromatic carbocycles. The van der Waals surface area contributed by atoms with E-state index in [0.29, 0.717) is 37.0 Å². The smallest absolute Gasteiger partial charge is 0.273 e. The van der Waals surface area contributed by atoms with Crippen LogP contribution in [-0.4, -0.2) is 35.8 Å². The number of nitro benzene ring substituents is 1. The standard InChI is InChI=1S/C15H20N2O4/c1-16(12-3-5-14(18)6-4-12)10-11-7-13(17(19)20)9-15(8-11)21-2/h7-9,12H,3-6,10H2,1-2H3. The molecule has 0 unspecified atom stereocenters. The zero-order chi connectivity index (χ0) is 15.4. The number of nitrogens with zero attached hydrogens (tertiary/aromatic N) is 2. The first-order valence-electron chi connectivity index (χ1n) is 7.04. The largest absolute Gasteiger partial charge is 0.496 e. The number of ether oxygens (including phenoxy) is 1. The lowest BCUT2D eigenvalue weighted by Crippen LogP contribution is -2.34. The minimum Gasteiger partial charge on any atom is -0.496 e. The van der Waals surface area contributed by atoms with Crippen molar-refractivity contribution in [2.45, 2.75) is 38.3 Å². The number of carbonyl (C=O) groups excluding carboxylic acids is 1. The van der Waals surface area contributed by atoms with E-state index in [2.05, 4.69) is 4.90 Å². The summed E-state index contributed by atoms with van der Waals surface area (Å²) in [5.74, 6) is 0.822. The van der Waals surface area contributed by atoms with Crippen LogP contribution in [0.2, 0.25) is 0 Å². The van der Waals surface area contributed by atoms with Crippen molar-refractivity contribution in [3.8, 4) is 5.75 Å². The van der Waals surface area contributed by atoms with Gasteiger partial charge in [-0.25, -0.2) is 0 Å². The van der Waals surface area contributed by atoms with Gasteiger partial charge in [-0.1, -0.05) is 0 Å². The number of hydrogen-bond acceptors (Lipinski definition) is 5. The van der Waals surface area contributed by atoms with Crippen LogP contribution in [0, 0.1) is 10.1 Å². The SMILES string of the molecule is COc1cc(CN(C)C2CCC(=O)CC2)cc([N+](=O)[O-])c1. The molecule has 1 aliphatic carbocycles. The fourth-order valence-electron chi connectivity index (χ4n) is 2.74. The Labute approximate surface area is 123 Å². The van der Waals surface area contributed by atoms with E-state index in [4.69, 9.17) is 4.74 Å². The number of ketones is 1. The minimum atomic E-state index is -0.411. The Balaban J connectivity index is 2.09. The summed E-state index contributed by atoms with van der Waals surface area (Å²) in [5, 5.41) is 10.9. The lowest BCUT2D eigenvalue weighted by molar-refractivity contribution is -0.385. The molecule has 1 saturated carbocycles. The van der Waals surface area contributed by atoms with Gasteiger partial charge >= 0.3 is 0 Å². The molecule has 0 aliphatic heterocycles. The maximum atomic E-state index is 11.3. The summed E-state index contributed by atoms with van der Waals surface area (Å²) in [5.41, 5.74) is 0.886. The molecule has 6 nitrogen and oxygen atoms in total. The minimum absolute atomic E-state index is 0.0385. The third-order valence-electron chi connectivity index (χ3n) is 3.97. The predicted molar refractivity (Wildman–Crippen MR) is 78.4 cm³/mol. The van der Waals surface area contributed by atoms with E-state index in [1.54, 1.807) is 6.07 Å². The molecule has 21 heavy (non-hydrogen) atoms. The van der Waals surface area contributed by atoms with Gasteiger partial charge in [0.25, 0.3) is 5.69 Å². The summed E-state index contributed by atoms with van der Waals surface area (Å²) in [6.45, 7) is 0.608. The molecule has 0 radical (unpaired) electrons. The number of nitro groups is 1. The normalized spacial score (nSPS) is 16.2. The first-order chi connectivity index (χ1) is 9.99. The van der Waals surface area contributed by atoms with Crippen molar-refractivity contribution in [1.29, 1.82) is 0 Å². The van der Waals surface area contributed by atoms with Gasteiger partial charge in [0.1, 0.15) is 11.5 Å². The van der Waals surface area contributed by atoms with Gasteiger partial charge in [0.2, 0.25) is 0 Å². The Bertz CT molecular complexity index is 534. The van der Waals surface area contributed by atoms with Crippen LogP contribution < -0.4 is 4.74 Å². The van der Waals surface area contributed by atoms with Crippen molar-refractivity contribution in [2.75, 3.05) is 14.2 Å². The molecule has 114 valence electrons. The summed E-state index contributed by atoms with van der Waals surface area (Å²) in [6.07, 6.45) is 2.99. The van der Waals surface area contributed by atoms with Crippen LogP contribution in [0.4, 0.5) is 5.69 Å². The van der Waals surface area contributed by atoms with Crippen molar-refractivity contribution in [1.82, 2.24) is 4.90 Å². The number of Topliss-reactive ketones (excluding diaryl/α,β-unsaturated/α-hetero) is 1. The summed E-state index contributed by atoms with van der Waals surface area (Å²) in [7, 11) is 3.49. The predicted octanol–water partition coefficient (Wildman–Crippen LogP) is 2.55. The molecule has 0 bridgehead atoms. The van der Waals surface area contributed by atoms with E-state index in [9.17, 15) is 14.9 Å². The third kappa shape index (κ3) is 4.01. The van der Waals surface area contributed by atoms with E-state index in [1.165, 1.54) is 13.2 Å². The van der Waals surface area contributed by atoms with Gasteiger partial charge in [-0.3, -0.25) is 19.8 Å². The molecule has 0 spiro atoms. The first kappa shape index (κ1) is 15.4. The molecule has 0 atom stereocenters. The molecule has 0 amide bonds. The number of non-ortho nitro benzene ring substituents is 1. The number of hydrogen-bond donors (Lipinski definition) is 0. The van der Waals surface area contributed by atoms with Crippen LogP contribution >= 0.6 is 0 Å². The third-order valence-corrected chi connectivity index (χ3v) is 3.97. The van der Waals surface area contributed by atoms with Crippen LogP contribution in [0.5, 0.6) is 5.75 Å². The molecular weight excluding hydrogens is 272 g/mol. The Morgan fingerprint density at radius 1 is 1.33 bits per heavy atom. The van der Waals surface area contributed by atoms with Crippen LogP contribution in [0.3, 0.4) is 0 Å². The van der Waals surface area contributed by atoms with Crippen LogP contribution in [0.25, 0.3) is 0 Å². The number of methoxy groups -OCH3 is 1. The van der Waals surface area contributed by atoms with Crippen molar-refractivity contribution >= 4 is 11.5 Å². The van der Waals surface area contributed by atoms with Gasteiger partial charge in [0.15, 0.2) is 0 Å². The summed E-state index contributed by atoms with van der Waals surface area (Å²) < 4.78 is 5.12. The fraction of sp³-hybridized carbons (Fsp3) is 0.533. The molecule has 0 N–H and O–H groups in total. The average molecular weight is 292 g/mol. The zero-order valence-electron chi connectivity index (χ0n) is 12.4. The number of rotatable bonds is 5. The molecule has 0 aromatic heterocycles. The van der Waals surface area contributed by atoms with Gasteiger partial charge in [0.05, 0.1) is 18.1 Å². The average Bonchev–Trinajstić information content (AvgIpc) is 2.47.